The molecule has 0 unspecified atom stereocenters. The Morgan fingerprint density at radius 3 is 2.75 bits per heavy atom. The first-order valence-electron chi connectivity index (χ1n) is 15.2. The third-order valence-corrected chi connectivity index (χ3v) is 10.5. The Bertz CT molecular complexity index is 1840. The summed E-state index contributed by atoms with van der Waals surface area (Å²) in [6.45, 7) is 7.20. The fourth-order valence-corrected chi connectivity index (χ4v) is 8.27. The van der Waals surface area contributed by atoms with Crippen molar-refractivity contribution in [2.24, 2.45) is 0 Å². The number of carbonyl (C=O) groups is 1. The molecule has 226 valence electrons. The van der Waals surface area contributed by atoms with E-state index in [1.54, 1.807) is 29.3 Å². The molecule has 4 aliphatic heterocycles. The first kappa shape index (κ1) is 27.6. The van der Waals surface area contributed by atoms with E-state index in [1.165, 1.54) is 18.3 Å². The lowest BCUT2D eigenvalue weighted by molar-refractivity contribution is -0.127. The fourth-order valence-electron chi connectivity index (χ4n) is 7.98. The van der Waals surface area contributed by atoms with Crippen molar-refractivity contribution < 1.29 is 18.3 Å². The van der Waals surface area contributed by atoms with Gasteiger partial charge in [0.2, 0.25) is 5.91 Å². The van der Waals surface area contributed by atoms with Gasteiger partial charge in [-0.1, -0.05) is 30.3 Å². The number of pyridine rings is 1. The van der Waals surface area contributed by atoms with Crippen molar-refractivity contribution >= 4 is 45.0 Å². The molecular weight excluding hydrogens is 586 g/mol. The Morgan fingerprint density at radius 2 is 1.95 bits per heavy atom. The minimum Gasteiger partial charge on any atom is -0.461 e. The van der Waals surface area contributed by atoms with Crippen LogP contribution in [0.1, 0.15) is 32.1 Å². The zero-order valence-electron chi connectivity index (χ0n) is 24.1. The highest BCUT2D eigenvalue weighted by atomic mass is 35.5. The maximum Gasteiger partial charge on any atom is 0.319 e. The van der Waals surface area contributed by atoms with Crippen LogP contribution in [0.2, 0.25) is 5.02 Å². The smallest absolute Gasteiger partial charge is 0.319 e. The van der Waals surface area contributed by atoms with E-state index in [0.29, 0.717) is 47.7 Å². The highest BCUT2D eigenvalue weighted by molar-refractivity contribution is 6.36. The molecule has 0 N–H and O–H groups in total. The number of likely N-dealkylation sites (tertiary alicyclic amines) is 1. The quantitative estimate of drug-likeness (QED) is 0.255. The molecule has 0 saturated carbocycles. The van der Waals surface area contributed by atoms with E-state index >= 15 is 8.78 Å². The van der Waals surface area contributed by atoms with Crippen LogP contribution < -0.4 is 9.64 Å². The summed E-state index contributed by atoms with van der Waals surface area (Å²) < 4.78 is 39.1. The first-order chi connectivity index (χ1) is 21.4. The standard InChI is InChI=1S/C33H31ClF2N6O2/c1-2-26(43)41-13-8-24-25(41)17-42(24)31-20-14-23(35)28(21-16-37-15-19-6-3-7-22(34)27(19)21)29(36)30(20)38-32(39-31)44-18-33-9-4-11-40(33)12-5-10-33/h2-3,6-7,14-16,24-25H,1,4-5,8-13,17-18H2/t24-,25-/m1/s1. The molecule has 4 fully saturated rings. The number of halogens is 3. The fraction of sp³-hybridized carbons (Fsp3) is 0.394. The molecule has 1 amide bonds. The molecule has 6 heterocycles. The van der Waals surface area contributed by atoms with Crippen LogP contribution in [0.25, 0.3) is 32.8 Å². The molecule has 0 spiro atoms. The van der Waals surface area contributed by atoms with E-state index in [9.17, 15) is 4.79 Å². The molecule has 2 aromatic carbocycles. The van der Waals surface area contributed by atoms with Crippen molar-refractivity contribution in [2.45, 2.75) is 49.7 Å². The number of fused-ring (bicyclic) bond motifs is 4. The van der Waals surface area contributed by atoms with E-state index in [4.69, 9.17) is 21.3 Å². The van der Waals surface area contributed by atoms with Crippen LogP contribution in [-0.2, 0) is 4.79 Å². The van der Waals surface area contributed by atoms with Crippen LogP contribution in [0, 0.1) is 11.6 Å². The Balaban J connectivity index is 1.25. The monoisotopic (exact) mass is 616 g/mol. The number of nitrogens with zero attached hydrogens (tertiary/aromatic N) is 6. The predicted molar refractivity (Wildman–Crippen MR) is 165 cm³/mol. The van der Waals surface area contributed by atoms with Crippen molar-refractivity contribution in [1.82, 2.24) is 24.8 Å². The third-order valence-electron chi connectivity index (χ3n) is 10.1. The number of carbonyl (C=O) groups excluding carboxylic acids is 1. The van der Waals surface area contributed by atoms with Crippen LogP contribution >= 0.6 is 11.6 Å². The van der Waals surface area contributed by atoms with Crippen molar-refractivity contribution in [3.8, 4) is 17.1 Å². The van der Waals surface area contributed by atoms with Gasteiger partial charge in [-0.05, 0) is 63.4 Å². The molecular formula is C33H31ClF2N6O2. The average Bonchev–Trinajstić information content (AvgIpc) is 3.69. The lowest BCUT2D eigenvalue weighted by atomic mass is 9.95. The van der Waals surface area contributed by atoms with Crippen molar-refractivity contribution in [2.75, 3.05) is 37.7 Å². The third kappa shape index (κ3) is 4.10. The highest BCUT2D eigenvalue weighted by Crippen LogP contribution is 2.44. The molecule has 0 aliphatic carbocycles. The summed E-state index contributed by atoms with van der Waals surface area (Å²) >= 11 is 6.53. The lowest BCUT2D eigenvalue weighted by Crippen LogP contribution is -2.63. The summed E-state index contributed by atoms with van der Waals surface area (Å²) in [6.07, 6.45) is 9.39. The summed E-state index contributed by atoms with van der Waals surface area (Å²) in [5, 5.41) is 1.81. The summed E-state index contributed by atoms with van der Waals surface area (Å²) in [5.41, 5.74) is -0.0915. The molecule has 2 atom stereocenters. The van der Waals surface area contributed by atoms with Crippen molar-refractivity contribution in [3.05, 3.63) is 66.0 Å². The molecule has 44 heavy (non-hydrogen) atoms. The van der Waals surface area contributed by atoms with Gasteiger partial charge in [0.1, 0.15) is 23.8 Å². The molecule has 2 aromatic heterocycles. The Labute approximate surface area is 258 Å². The lowest BCUT2D eigenvalue weighted by Gasteiger charge is -2.47. The van der Waals surface area contributed by atoms with Gasteiger partial charge in [0, 0.05) is 52.2 Å². The summed E-state index contributed by atoms with van der Waals surface area (Å²) in [6, 6.07) is 6.57. The van der Waals surface area contributed by atoms with Crippen LogP contribution in [0.4, 0.5) is 14.6 Å². The Morgan fingerprint density at radius 1 is 1.14 bits per heavy atom. The molecule has 4 aromatic rings. The minimum atomic E-state index is -0.823. The zero-order valence-corrected chi connectivity index (χ0v) is 24.9. The number of benzene rings is 2. The molecule has 0 radical (unpaired) electrons. The minimum absolute atomic E-state index is 0.0165. The van der Waals surface area contributed by atoms with Gasteiger partial charge in [-0.25, -0.2) is 8.78 Å². The Kier molecular flexibility index (Phi) is 6.50. The maximum atomic E-state index is 16.7. The summed E-state index contributed by atoms with van der Waals surface area (Å²) in [7, 11) is 0. The van der Waals surface area contributed by atoms with Gasteiger partial charge in [-0.15, -0.1) is 0 Å². The van der Waals surface area contributed by atoms with E-state index in [2.05, 4.69) is 21.4 Å². The topological polar surface area (TPSA) is 74.7 Å². The van der Waals surface area contributed by atoms with E-state index in [-0.39, 0.29) is 51.6 Å². The second-order valence-corrected chi connectivity index (χ2v) is 12.7. The molecule has 0 bridgehead atoms. The summed E-state index contributed by atoms with van der Waals surface area (Å²) in [5.74, 6) is -1.29. The zero-order chi connectivity index (χ0) is 30.2. The van der Waals surface area contributed by atoms with Gasteiger partial charge in [0.15, 0.2) is 5.82 Å². The van der Waals surface area contributed by atoms with E-state index in [0.717, 1.165) is 38.8 Å². The van der Waals surface area contributed by atoms with E-state index in [1.807, 2.05) is 4.90 Å². The maximum absolute atomic E-state index is 16.7. The number of hydrogen-bond donors (Lipinski definition) is 0. The van der Waals surface area contributed by atoms with Gasteiger partial charge in [-0.2, -0.15) is 9.97 Å². The molecule has 4 aliphatic rings. The van der Waals surface area contributed by atoms with Crippen molar-refractivity contribution in [3.63, 3.8) is 0 Å². The molecule has 4 saturated heterocycles. The van der Waals surface area contributed by atoms with Crippen LogP contribution in [0.15, 0.2) is 49.3 Å². The number of anilines is 1. The van der Waals surface area contributed by atoms with Gasteiger partial charge in [0.05, 0.1) is 23.2 Å². The van der Waals surface area contributed by atoms with Crippen molar-refractivity contribution in [1.29, 1.82) is 0 Å². The second-order valence-electron chi connectivity index (χ2n) is 12.3. The first-order valence-corrected chi connectivity index (χ1v) is 15.6. The Hall–Kier alpha value is -3.89. The number of rotatable bonds is 6. The summed E-state index contributed by atoms with van der Waals surface area (Å²) in [4.78, 5) is 32.3. The second kappa shape index (κ2) is 10.3. The van der Waals surface area contributed by atoms with Gasteiger partial charge >= 0.3 is 6.01 Å². The van der Waals surface area contributed by atoms with Gasteiger partial charge in [-0.3, -0.25) is 14.7 Å². The molecule has 8 nitrogen and oxygen atoms in total. The number of ether oxygens (including phenoxy) is 1. The number of hydrogen-bond acceptors (Lipinski definition) is 7. The molecule has 8 rings (SSSR count). The van der Waals surface area contributed by atoms with Gasteiger partial charge < -0.3 is 14.5 Å². The van der Waals surface area contributed by atoms with Crippen LogP contribution in [-0.4, -0.2) is 81.1 Å². The molecule has 11 heteroatoms. The SMILES string of the molecule is C=CC(=O)N1CC[C@@H]2[C@H]1CN2c1nc(OCC23CCCN2CCC3)nc2c(F)c(-c3cncc4cccc(Cl)c34)c(F)cc12. The largest absolute Gasteiger partial charge is 0.461 e. The highest BCUT2D eigenvalue weighted by Gasteiger charge is 2.50. The van der Waals surface area contributed by atoms with Gasteiger partial charge in [0.25, 0.3) is 0 Å². The van der Waals surface area contributed by atoms with Crippen LogP contribution in [0.3, 0.4) is 0 Å². The van der Waals surface area contributed by atoms with Crippen LogP contribution in [0.5, 0.6) is 6.01 Å². The van der Waals surface area contributed by atoms with E-state index < -0.39 is 11.6 Å². The average molecular weight is 617 g/mol. The predicted octanol–water partition coefficient (Wildman–Crippen LogP) is 5.76. The number of aromatic nitrogens is 3. The normalized spacial score (nSPS) is 22.3. The number of amides is 1.